The molecule has 0 spiro atoms. The molecule has 2 aromatic rings. The van der Waals surface area contributed by atoms with Gasteiger partial charge in [-0.25, -0.2) is 4.90 Å². The SMILES string of the molecule is CC1=CC[C@@H]2C(=O)N(c3cccc(OC(=O)[C@@H]4CC(=O)N(c5ccc(Br)cc5)C4)c3)C(=O)[C@H]2C1. The predicted molar refractivity (Wildman–Crippen MR) is 129 cm³/mol. The molecule has 0 radical (unpaired) electrons. The quantitative estimate of drug-likeness (QED) is 0.259. The highest BCUT2D eigenvalue weighted by Gasteiger charge is 2.48. The predicted octanol–water partition coefficient (Wildman–Crippen LogP) is 4.25. The summed E-state index contributed by atoms with van der Waals surface area (Å²) in [5, 5.41) is 0. The van der Waals surface area contributed by atoms with E-state index in [0.717, 1.165) is 15.7 Å². The summed E-state index contributed by atoms with van der Waals surface area (Å²) >= 11 is 3.37. The number of carbonyl (C=O) groups is 4. The van der Waals surface area contributed by atoms with Crippen LogP contribution in [0.1, 0.15) is 26.2 Å². The third-order valence-electron chi connectivity index (χ3n) is 6.71. The maximum absolute atomic E-state index is 13.0. The summed E-state index contributed by atoms with van der Waals surface area (Å²) in [5.41, 5.74) is 2.24. The topological polar surface area (TPSA) is 84.0 Å². The number of halogens is 1. The molecule has 7 nitrogen and oxygen atoms in total. The summed E-state index contributed by atoms with van der Waals surface area (Å²) in [7, 11) is 0. The van der Waals surface area contributed by atoms with E-state index in [9.17, 15) is 19.2 Å². The van der Waals surface area contributed by atoms with Crippen LogP contribution >= 0.6 is 15.9 Å². The number of hydrogen-bond donors (Lipinski definition) is 0. The fraction of sp³-hybridized carbons (Fsp3) is 0.308. The molecule has 3 atom stereocenters. The van der Waals surface area contributed by atoms with E-state index in [1.54, 1.807) is 23.1 Å². The van der Waals surface area contributed by atoms with Gasteiger partial charge in [0.2, 0.25) is 17.7 Å². The zero-order valence-corrected chi connectivity index (χ0v) is 20.2. The van der Waals surface area contributed by atoms with Gasteiger partial charge in [0.1, 0.15) is 5.75 Å². The van der Waals surface area contributed by atoms with Crippen LogP contribution in [0.4, 0.5) is 11.4 Å². The maximum atomic E-state index is 13.0. The highest BCUT2D eigenvalue weighted by Crippen LogP contribution is 2.40. The third kappa shape index (κ3) is 4.07. The number of fused-ring (bicyclic) bond motifs is 1. The maximum Gasteiger partial charge on any atom is 0.316 e. The second kappa shape index (κ2) is 8.83. The van der Waals surface area contributed by atoms with Crippen LogP contribution in [-0.2, 0) is 19.2 Å². The van der Waals surface area contributed by atoms with Gasteiger partial charge in [0.25, 0.3) is 0 Å². The van der Waals surface area contributed by atoms with Gasteiger partial charge in [0, 0.05) is 29.2 Å². The number of esters is 1. The average Bonchev–Trinajstić information content (AvgIpc) is 3.32. The second-order valence-corrected chi connectivity index (χ2v) is 9.93. The van der Waals surface area contributed by atoms with Gasteiger partial charge in [-0.1, -0.05) is 33.6 Å². The Bertz CT molecular complexity index is 1220. The van der Waals surface area contributed by atoms with E-state index in [-0.39, 0.29) is 48.3 Å². The van der Waals surface area contributed by atoms with Crippen molar-refractivity contribution in [3.05, 3.63) is 64.7 Å². The Morgan fingerprint density at radius 2 is 1.71 bits per heavy atom. The zero-order valence-electron chi connectivity index (χ0n) is 18.6. The van der Waals surface area contributed by atoms with E-state index in [1.165, 1.54) is 11.0 Å². The van der Waals surface area contributed by atoms with Crippen molar-refractivity contribution < 1.29 is 23.9 Å². The van der Waals surface area contributed by atoms with E-state index in [0.29, 0.717) is 18.5 Å². The molecule has 5 rings (SSSR count). The monoisotopic (exact) mass is 522 g/mol. The number of imide groups is 1. The fourth-order valence-electron chi connectivity index (χ4n) is 4.91. The van der Waals surface area contributed by atoms with Gasteiger partial charge in [0.05, 0.1) is 23.4 Å². The Morgan fingerprint density at radius 3 is 2.47 bits per heavy atom. The van der Waals surface area contributed by atoms with Gasteiger partial charge in [0.15, 0.2) is 0 Å². The molecule has 2 fully saturated rings. The Morgan fingerprint density at radius 1 is 0.971 bits per heavy atom. The number of rotatable bonds is 4. The number of allylic oxidation sites excluding steroid dienone is 2. The molecule has 2 heterocycles. The number of nitrogens with zero attached hydrogens (tertiary/aromatic N) is 2. The highest BCUT2D eigenvalue weighted by molar-refractivity contribution is 9.10. The van der Waals surface area contributed by atoms with Crippen molar-refractivity contribution in [1.82, 2.24) is 0 Å². The van der Waals surface area contributed by atoms with Crippen LogP contribution in [0.25, 0.3) is 0 Å². The molecule has 0 bridgehead atoms. The van der Waals surface area contributed by atoms with Crippen molar-refractivity contribution in [3.63, 3.8) is 0 Å². The van der Waals surface area contributed by atoms with E-state index in [4.69, 9.17) is 4.74 Å². The first-order valence-corrected chi connectivity index (χ1v) is 12.0. The van der Waals surface area contributed by atoms with Crippen LogP contribution in [0.15, 0.2) is 64.7 Å². The number of hydrogen-bond acceptors (Lipinski definition) is 5. The number of anilines is 2. The van der Waals surface area contributed by atoms with Crippen molar-refractivity contribution in [2.75, 3.05) is 16.3 Å². The normalized spacial score (nSPS) is 24.4. The average molecular weight is 523 g/mol. The van der Waals surface area contributed by atoms with Crippen molar-refractivity contribution in [1.29, 1.82) is 0 Å². The first-order chi connectivity index (χ1) is 16.3. The minimum atomic E-state index is -0.605. The van der Waals surface area contributed by atoms with Crippen LogP contribution in [0.5, 0.6) is 5.75 Å². The van der Waals surface area contributed by atoms with Crippen molar-refractivity contribution >= 4 is 51.0 Å². The van der Waals surface area contributed by atoms with E-state index in [2.05, 4.69) is 15.9 Å². The first kappa shape index (κ1) is 22.5. The van der Waals surface area contributed by atoms with Gasteiger partial charge in [-0.2, -0.15) is 0 Å². The molecule has 0 aromatic heterocycles. The lowest BCUT2D eigenvalue weighted by molar-refractivity contribution is -0.139. The Labute approximate surface area is 205 Å². The van der Waals surface area contributed by atoms with Gasteiger partial charge in [-0.3, -0.25) is 19.2 Å². The van der Waals surface area contributed by atoms with Crippen LogP contribution in [0.3, 0.4) is 0 Å². The van der Waals surface area contributed by atoms with Gasteiger partial charge >= 0.3 is 5.97 Å². The summed E-state index contributed by atoms with van der Waals surface area (Å²) in [5.74, 6) is -2.12. The molecule has 1 aliphatic carbocycles. The van der Waals surface area contributed by atoms with Crippen LogP contribution in [0, 0.1) is 17.8 Å². The van der Waals surface area contributed by atoms with E-state index >= 15 is 0 Å². The molecular weight excluding hydrogens is 500 g/mol. The molecule has 2 aliphatic heterocycles. The minimum absolute atomic E-state index is 0.0629. The second-order valence-electron chi connectivity index (χ2n) is 9.02. The molecule has 3 aliphatic rings. The van der Waals surface area contributed by atoms with Crippen LogP contribution in [-0.4, -0.2) is 30.2 Å². The Kier molecular flexibility index (Phi) is 5.85. The molecule has 174 valence electrons. The molecule has 34 heavy (non-hydrogen) atoms. The summed E-state index contributed by atoms with van der Waals surface area (Å²) < 4.78 is 6.47. The molecular formula is C26H23BrN2O5. The number of ether oxygens (including phenoxy) is 1. The van der Waals surface area contributed by atoms with Gasteiger partial charge in [-0.15, -0.1) is 0 Å². The van der Waals surface area contributed by atoms with E-state index < -0.39 is 11.9 Å². The zero-order chi connectivity index (χ0) is 24.0. The molecule has 0 N–H and O–H groups in total. The smallest absolute Gasteiger partial charge is 0.316 e. The molecule has 8 heteroatoms. The van der Waals surface area contributed by atoms with Crippen molar-refractivity contribution in [2.24, 2.45) is 17.8 Å². The number of carbonyl (C=O) groups excluding carboxylic acids is 4. The highest BCUT2D eigenvalue weighted by atomic mass is 79.9. The molecule has 0 saturated carbocycles. The summed E-state index contributed by atoms with van der Waals surface area (Å²) in [6, 6.07) is 13.8. The third-order valence-corrected chi connectivity index (χ3v) is 7.24. The summed E-state index contributed by atoms with van der Waals surface area (Å²) in [6.45, 7) is 2.21. The largest absolute Gasteiger partial charge is 0.426 e. The van der Waals surface area contributed by atoms with Crippen LogP contribution < -0.4 is 14.5 Å². The first-order valence-electron chi connectivity index (χ1n) is 11.2. The molecule has 0 unspecified atom stereocenters. The fourth-order valence-corrected chi connectivity index (χ4v) is 5.18. The number of amides is 3. The molecule has 2 aromatic carbocycles. The minimum Gasteiger partial charge on any atom is -0.426 e. The Balaban J connectivity index is 1.29. The molecule has 2 saturated heterocycles. The van der Waals surface area contributed by atoms with E-state index in [1.807, 2.05) is 37.3 Å². The van der Waals surface area contributed by atoms with Crippen molar-refractivity contribution in [3.8, 4) is 5.75 Å². The number of benzene rings is 2. The lowest BCUT2D eigenvalue weighted by atomic mass is 9.82. The molecule has 3 amide bonds. The lowest BCUT2D eigenvalue weighted by Crippen LogP contribution is -2.31. The van der Waals surface area contributed by atoms with Gasteiger partial charge in [-0.05, 0) is 56.2 Å². The summed E-state index contributed by atoms with van der Waals surface area (Å²) in [6.07, 6.45) is 3.24. The Hall–Kier alpha value is -3.26. The van der Waals surface area contributed by atoms with Gasteiger partial charge < -0.3 is 9.64 Å². The standard InChI is InChI=1S/C26H23BrN2O5/c1-15-5-10-21-22(11-15)25(32)29(24(21)31)19-3-2-4-20(13-19)34-26(33)16-12-23(30)28(14-16)18-8-6-17(27)7-9-18/h2-9,13,16,21-22H,10-12,14H2,1H3/t16-,21+,22+/m1/s1. The lowest BCUT2D eigenvalue weighted by Gasteiger charge is -2.18. The van der Waals surface area contributed by atoms with Crippen molar-refractivity contribution in [2.45, 2.75) is 26.2 Å². The van der Waals surface area contributed by atoms with Crippen LogP contribution in [0.2, 0.25) is 0 Å². The summed E-state index contributed by atoms with van der Waals surface area (Å²) in [4.78, 5) is 54.1.